The van der Waals surface area contributed by atoms with Crippen molar-refractivity contribution in [2.24, 2.45) is 7.05 Å². The molecule has 1 aromatic carbocycles. The lowest BCUT2D eigenvalue weighted by molar-refractivity contribution is 0.617. The predicted molar refractivity (Wildman–Crippen MR) is 93.3 cm³/mol. The number of benzene rings is 1. The van der Waals surface area contributed by atoms with Crippen LogP contribution in [0.3, 0.4) is 0 Å². The molecule has 0 aliphatic rings. The van der Waals surface area contributed by atoms with Gasteiger partial charge in [-0.25, -0.2) is 9.37 Å². The molecule has 0 atom stereocenters. The largest absolute Gasteiger partial charge is 0.313 e. The Morgan fingerprint density at radius 1 is 1.21 bits per heavy atom. The zero-order valence-corrected chi connectivity index (χ0v) is 15.5. The van der Waals surface area contributed by atoms with E-state index in [1.54, 1.807) is 16.7 Å². The third-order valence-electron chi connectivity index (χ3n) is 3.38. The maximum Gasteiger partial charge on any atom is 0.191 e. The van der Waals surface area contributed by atoms with Gasteiger partial charge in [0.1, 0.15) is 11.0 Å². The number of imidazole rings is 1. The Kier molecular flexibility index (Phi) is 5.34. The van der Waals surface area contributed by atoms with E-state index in [4.69, 9.17) is 34.8 Å². The summed E-state index contributed by atoms with van der Waals surface area (Å²) in [7, 11) is 1.83. The van der Waals surface area contributed by atoms with Crippen molar-refractivity contribution < 1.29 is 4.39 Å². The van der Waals surface area contributed by atoms with E-state index in [0.29, 0.717) is 39.0 Å². The highest BCUT2D eigenvalue weighted by atomic mass is 35.5. The summed E-state index contributed by atoms with van der Waals surface area (Å²) in [5, 5.41) is 9.87. The molecule has 0 bridgehead atoms. The van der Waals surface area contributed by atoms with Gasteiger partial charge in [0.2, 0.25) is 0 Å². The van der Waals surface area contributed by atoms with Crippen molar-refractivity contribution in [3.8, 4) is 0 Å². The van der Waals surface area contributed by atoms with Crippen LogP contribution in [-0.4, -0.2) is 24.3 Å². The first-order chi connectivity index (χ1) is 11.5. The normalized spacial score (nSPS) is 11.2. The zero-order valence-electron chi connectivity index (χ0n) is 12.4. The van der Waals surface area contributed by atoms with Gasteiger partial charge in [-0.3, -0.25) is 0 Å². The van der Waals surface area contributed by atoms with Gasteiger partial charge >= 0.3 is 0 Å². The predicted octanol–water partition coefficient (Wildman–Crippen LogP) is 4.45. The van der Waals surface area contributed by atoms with Gasteiger partial charge in [0.15, 0.2) is 16.1 Å². The SMILES string of the molecule is Cn1c(Cn2cnc(Cl)c2Cl)nnc1SCc1c(F)cccc1Cl. The summed E-state index contributed by atoms with van der Waals surface area (Å²) in [6, 6.07) is 4.62. The van der Waals surface area contributed by atoms with Gasteiger partial charge < -0.3 is 9.13 Å². The van der Waals surface area contributed by atoms with Crippen LogP contribution in [0.4, 0.5) is 4.39 Å². The maximum atomic E-state index is 13.8. The standard InChI is InChI=1S/C14H11Cl3FN5S/c1-22-11(5-23-7-19-12(16)13(23)17)20-21-14(22)24-6-8-9(15)3-2-4-10(8)18/h2-4,7H,5-6H2,1H3. The molecule has 0 aliphatic heterocycles. The van der Waals surface area contributed by atoms with Crippen molar-refractivity contribution in [2.75, 3.05) is 0 Å². The van der Waals surface area contributed by atoms with Gasteiger partial charge in [-0.15, -0.1) is 10.2 Å². The average molecular weight is 407 g/mol. The highest BCUT2D eigenvalue weighted by Crippen LogP contribution is 2.28. The van der Waals surface area contributed by atoms with E-state index in [0.717, 1.165) is 0 Å². The lowest BCUT2D eigenvalue weighted by Gasteiger charge is -2.07. The number of thioether (sulfide) groups is 1. The van der Waals surface area contributed by atoms with E-state index < -0.39 is 0 Å². The number of rotatable bonds is 5. The summed E-state index contributed by atoms with van der Waals surface area (Å²) in [4.78, 5) is 3.92. The number of hydrogen-bond acceptors (Lipinski definition) is 4. The van der Waals surface area contributed by atoms with Crippen molar-refractivity contribution in [2.45, 2.75) is 17.5 Å². The minimum absolute atomic E-state index is 0.239. The summed E-state index contributed by atoms with van der Waals surface area (Å²) in [6.45, 7) is 0.378. The van der Waals surface area contributed by atoms with E-state index in [-0.39, 0.29) is 11.0 Å². The molecule has 0 saturated heterocycles. The lowest BCUT2D eigenvalue weighted by Crippen LogP contribution is -2.06. The van der Waals surface area contributed by atoms with E-state index in [2.05, 4.69) is 15.2 Å². The summed E-state index contributed by atoms with van der Waals surface area (Å²) in [5.74, 6) is 0.695. The maximum absolute atomic E-state index is 13.8. The summed E-state index contributed by atoms with van der Waals surface area (Å²) in [5.41, 5.74) is 0.443. The Labute approximate surface area is 156 Å². The summed E-state index contributed by atoms with van der Waals surface area (Å²) >= 11 is 19.3. The second kappa shape index (κ2) is 7.31. The fourth-order valence-electron chi connectivity index (χ4n) is 2.02. The van der Waals surface area contributed by atoms with Crippen LogP contribution in [0.25, 0.3) is 0 Å². The molecular weight excluding hydrogens is 396 g/mol. The molecule has 126 valence electrons. The second-order valence-electron chi connectivity index (χ2n) is 4.90. The first kappa shape index (κ1) is 17.5. The smallest absolute Gasteiger partial charge is 0.191 e. The highest BCUT2D eigenvalue weighted by Gasteiger charge is 2.14. The Bertz CT molecular complexity index is 859. The van der Waals surface area contributed by atoms with E-state index in [1.165, 1.54) is 24.2 Å². The van der Waals surface area contributed by atoms with Crippen LogP contribution >= 0.6 is 46.6 Å². The Balaban J connectivity index is 1.74. The van der Waals surface area contributed by atoms with Gasteiger partial charge in [0, 0.05) is 23.4 Å². The molecule has 0 spiro atoms. The molecule has 5 nitrogen and oxygen atoms in total. The van der Waals surface area contributed by atoms with E-state index in [1.807, 2.05) is 11.6 Å². The van der Waals surface area contributed by atoms with Crippen LogP contribution in [0, 0.1) is 5.82 Å². The molecule has 24 heavy (non-hydrogen) atoms. The molecule has 0 radical (unpaired) electrons. The monoisotopic (exact) mass is 405 g/mol. The van der Waals surface area contributed by atoms with Crippen molar-refractivity contribution in [1.82, 2.24) is 24.3 Å². The minimum Gasteiger partial charge on any atom is -0.313 e. The molecule has 0 fully saturated rings. The number of hydrogen-bond donors (Lipinski definition) is 0. The van der Waals surface area contributed by atoms with Crippen LogP contribution in [0.1, 0.15) is 11.4 Å². The van der Waals surface area contributed by atoms with Crippen molar-refractivity contribution in [1.29, 1.82) is 0 Å². The van der Waals surface area contributed by atoms with Gasteiger partial charge in [-0.2, -0.15) is 0 Å². The Morgan fingerprint density at radius 3 is 2.67 bits per heavy atom. The Morgan fingerprint density at radius 2 is 2.00 bits per heavy atom. The van der Waals surface area contributed by atoms with Gasteiger partial charge in [-0.1, -0.05) is 52.6 Å². The van der Waals surface area contributed by atoms with Crippen LogP contribution in [0.2, 0.25) is 15.3 Å². The summed E-state index contributed by atoms with van der Waals surface area (Å²) in [6.07, 6.45) is 1.53. The zero-order chi connectivity index (χ0) is 17.3. The molecule has 0 unspecified atom stereocenters. The molecule has 2 aromatic heterocycles. The molecule has 0 saturated carbocycles. The summed E-state index contributed by atoms with van der Waals surface area (Å²) < 4.78 is 17.3. The van der Waals surface area contributed by atoms with Crippen LogP contribution in [0.5, 0.6) is 0 Å². The number of halogens is 4. The van der Waals surface area contributed by atoms with Crippen LogP contribution < -0.4 is 0 Å². The van der Waals surface area contributed by atoms with E-state index in [9.17, 15) is 4.39 Å². The molecule has 10 heteroatoms. The first-order valence-electron chi connectivity index (χ1n) is 6.77. The topological polar surface area (TPSA) is 48.5 Å². The van der Waals surface area contributed by atoms with Crippen molar-refractivity contribution in [3.63, 3.8) is 0 Å². The molecule has 3 aromatic rings. The lowest BCUT2D eigenvalue weighted by atomic mass is 10.2. The third kappa shape index (κ3) is 3.54. The van der Waals surface area contributed by atoms with Crippen molar-refractivity contribution in [3.05, 3.63) is 57.1 Å². The quantitative estimate of drug-likeness (QED) is 0.587. The third-order valence-corrected chi connectivity index (χ3v) is 5.55. The molecule has 3 rings (SSSR count). The second-order valence-corrected chi connectivity index (χ2v) is 6.97. The van der Waals surface area contributed by atoms with Crippen molar-refractivity contribution >= 4 is 46.6 Å². The van der Waals surface area contributed by atoms with Gasteiger partial charge in [0.25, 0.3) is 0 Å². The Hall–Kier alpha value is -1.28. The molecule has 0 amide bonds. The van der Waals surface area contributed by atoms with Gasteiger partial charge in [-0.05, 0) is 12.1 Å². The minimum atomic E-state index is -0.336. The number of aromatic nitrogens is 5. The van der Waals surface area contributed by atoms with Gasteiger partial charge in [0.05, 0.1) is 12.9 Å². The number of nitrogens with zero attached hydrogens (tertiary/aromatic N) is 5. The molecule has 0 N–H and O–H groups in total. The molecular formula is C14H11Cl3FN5S. The van der Waals surface area contributed by atoms with Crippen LogP contribution in [-0.2, 0) is 19.3 Å². The fourth-order valence-corrected chi connectivity index (χ4v) is 3.60. The fraction of sp³-hybridized carbons (Fsp3) is 0.214. The van der Waals surface area contributed by atoms with Crippen LogP contribution in [0.15, 0.2) is 29.7 Å². The van der Waals surface area contributed by atoms with E-state index >= 15 is 0 Å². The molecule has 2 heterocycles. The molecule has 0 aliphatic carbocycles. The highest BCUT2D eigenvalue weighted by molar-refractivity contribution is 7.98. The average Bonchev–Trinajstić information content (AvgIpc) is 3.05. The first-order valence-corrected chi connectivity index (χ1v) is 8.89.